The number of carbonyl (C=O) groups excluding carboxylic acids is 1. The number of halogens is 2. The summed E-state index contributed by atoms with van der Waals surface area (Å²) in [5.41, 5.74) is 0.666. The average molecular weight is 427 g/mol. The van der Waals surface area contributed by atoms with Gasteiger partial charge in [0.2, 0.25) is 5.91 Å². The number of rotatable bonds is 10. The van der Waals surface area contributed by atoms with Crippen LogP contribution in [0.5, 0.6) is 0 Å². The van der Waals surface area contributed by atoms with Crippen molar-refractivity contribution >= 4 is 45.8 Å². The van der Waals surface area contributed by atoms with Gasteiger partial charge in [-0.3, -0.25) is 4.79 Å². The first kappa shape index (κ1) is 22.7. The second-order valence-electron chi connectivity index (χ2n) is 6.71. The minimum atomic E-state index is 0.0157. The number of hydrogen-bond donors (Lipinski definition) is 1. The molecule has 1 atom stereocenters. The lowest BCUT2D eigenvalue weighted by Crippen LogP contribution is -2.36. The van der Waals surface area contributed by atoms with Crippen molar-refractivity contribution in [3.63, 3.8) is 0 Å². The summed E-state index contributed by atoms with van der Waals surface area (Å²) >= 11 is 12.6. The van der Waals surface area contributed by atoms with Gasteiger partial charge in [0, 0.05) is 49.5 Å². The molecule has 0 aliphatic carbocycles. The Morgan fingerprint density at radius 2 is 2.00 bits per heavy atom. The van der Waals surface area contributed by atoms with Crippen LogP contribution in [-0.4, -0.2) is 48.7 Å². The Kier molecular flexibility index (Phi) is 8.73. The molecule has 0 fully saturated rings. The van der Waals surface area contributed by atoms with Gasteiger partial charge in [-0.25, -0.2) is 9.97 Å². The van der Waals surface area contributed by atoms with E-state index < -0.39 is 0 Å². The maximum Gasteiger partial charge on any atom is 0.221 e. The van der Waals surface area contributed by atoms with E-state index in [0.29, 0.717) is 53.9 Å². The molecule has 154 valence electrons. The maximum atomic E-state index is 12.3. The number of aryl methyl sites for hydroxylation is 1. The smallest absolute Gasteiger partial charge is 0.221 e. The van der Waals surface area contributed by atoms with Crippen LogP contribution in [0.15, 0.2) is 12.1 Å². The summed E-state index contributed by atoms with van der Waals surface area (Å²) < 4.78 is 5.26. The standard InChI is InChI=1S/C20H28Cl2N4O2/c1-5-13(3)23-18(27)7-8-26(9-10-28-4)20-15-11-14(21)12-16(22)19(15)24-17(6-2)25-20/h11-13H,5-10H2,1-4H3,(H,23,27). The maximum absolute atomic E-state index is 12.3. The molecule has 1 aromatic carbocycles. The quantitative estimate of drug-likeness (QED) is 0.614. The fourth-order valence-electron chi connectivity index (χ4n) is 2.80. The molecule has 1 N–H and O–H groups in total. The Hall–Kier alpha value is -1.63. The highest BCUT2D eigenvalue weighted by atomic mass is 35.5. The number of ether oxygens (including phenoxy) is 1. The van der Waals surface area contributed by atoms with Gasteiger partial charge in [0.15, 0.2) is 0 Å². The van der Waals surface area contributed by atoms with Gasteiger partial charge >= 0.3 is 0 Å². The highest BCUT2D eigenvalue weighted by Crippen LogP contribution is 2.32. The van der Waals surface area contributed by atoms with Gasteiger partial charge in [0.1, 0.15) is 11.6 Å². The molecule has 2 aromatic rings. The lowest BCUT2D eigenvalue weighted by molar-refractivity contribution is -0.121. The van der Waals surface area contributed by atoms with Gasteiger partial charge in [-0.05, 0) is 25.5 Å². The van der Waals surface area contributed by atoms with Crippen molar-refractivity contribution in [2.45, 2.75) is 46.1 Å². The molecule has 0 aliphatic rings. The topological polar surface area (TPSA) is 67.4 Å². The number of hydrogen-bond acceptors (Lipinski definition) is 5. The van der Waals surface area contributed by atoms with Crippen molar-refractivity contribution in [2.75, 3.05) is 31.7 Å². The van der Waals surface area contributed by atoms with Crippen molar-refractivity contribution in [3.05, 3.63) is 28.0 Å². The molecule has 0 saturated carbocycles. The normalized spacial score (nSPS) is 12.2. The van der Waals surface area contributed by atoms with Crippen molar-refractivity contribution < 1.29 is 9.53 Å². The van der Waals surface area contributed by atoms with Crippen LogP contribution in [0.4, 0.5) is 5.82 Å². The first-order valence-corrected chi connectivity index (χ1v) is 10.3. The molecule has 0 bridgehead atoms. The van der Waals surface area contributed by atoms with Crippen LogP contribution in [0, 0.1) is 0 Å². The Morgan fingerprint density at radius 3 is 2.64 bits per heavy atom. The third kappa shape index (κ3) is 5.93. The second kappa shape index (κ2) is 10.8. The largest absolute Gasteiger partial charge is 0.383 e. The first-order chi connectivity index (χ1) is 13.4. The fraction of sp³-hybridized carbons (Fsp3) is 0.550. The number of nitrogens with one attached hydrogen (secondary N) is 1. The summed E-state index contributed by atoms with van der Waals surface area (Å²) in [5.74, 6) is 1.43. The zero-order valence-electron chi connectivity index (χ0n) is 16.9. The zero-order chi connectivity index (χ0) is 20.7. The highest BCUT2D eigenvalue weighted by molar-refractivity contribution is 6.38. The molecule has 0 radical (unpaired) electrons. The van der Waals surface area contributed by atoms with Gasteiger partial charge in [-0.15, -0.1) is 0 Å². The fourth-order valence-corrected chi connectivity index (χ4v) is 3.33. The molecule has 1 amide bonds. The predicted molar refractivity (Wildman–Crippen MR) is 116 cm³/mol. The lowest BCUT2D eigenvalue weighted by Gasteiger charge is -2.25. The first-order valence-electron chi connectivity index (χ1n) is 9.58. The van der Waals surface area contributed by atoms with Crippen LogP contribution < -0.4 is 10.2 Å². The number of aromatic nitrogens is 2. The lowest BCUT2D eigenvalue weighted by atomic mass is 10.2. The van der Waals surface area contributed by atoms with Crippen LogP contribution in [0.1, 0.15) is 39.4 Å². The van der Waals surface area contributed by atoms with Crippen LogP contribution in [0.2, 0.25) is 10.0 Å². The van der Waals surface area contributed by atoms with Gasteiger partial charge in [-0.2, -0.15) is 0 Å². The number of carbonyl (C=O) groups is 1. The Labute approximate surface area is 176 Å². The van der Waals surface area contributed by atoms with Crippen LogP contribution >= 0.6 is 23.2 Å². The molecular weight excluding hydrogens is 399 g/mol. The summed E-state index contributed by atoms with van der Waals surface area (Å²) in [6, 6.07) is 3.65. The minimum Gasteiger partial charge on any atom is -0.383 e. The summed E-state index contributed by atoms with van der Waals surface area (Å²) in [7, 11) is 1.65. The number of nitrogens with zero attached hydrogens (tertiary/aromatic N) is 3. The number of anilines is 1. The second-order valence-corrected chi connectivity index (χ2v) is 7.55. The van der Waals surface area contributed by atoms with Crippen molar-refractivity contribution in [1.82, 2.24) is 15.3 Å². The number of fused-ring (bicyclic) bond motifs is 1. The number of methoxy groups -OCH3 is 1. The van der Waals surface area contributed by atoms with E-state index in [2.05, 4.69) is 10.3 Å². The van der Waals surface area contributed by atoms with Crippen LogP contribution in [-0.2, 0) is 16.0 Å². The molecular formula is C20H28Cl2N4O2. The summed E-state index contributed by atoms with van der Waals surface area (Å²) in [6.45, 7) is 7.64. The van der Waals surface area contributed by atoms with E-state index in [4.69, 9.17) is 32.9 Å². The van der Waals surface area contributed by atoms with Gasteiger partial charge in [0.05, 0.1) is 17.1 Å². The third-order valence-electron chi connectivity index (χ3n) is 4.55. The minimum absolute atomic E-state index is 0.0157. The zero-order valence-corrected chi connectivity index (χ0v) is 18.4. The van der Waals surface area contributed by atoms with Gasteiger partial charge < -0.3 is 15.0 Å². The molecule has 1 unspecified atom stereocenters. The number of amides is 1. The van der Waals surface area contributed by atoms with E-state index in [0.717, 1.165) is 17.6 Å². The molecule has 1 heterocycles. The van der Waals surface area contributed by atoms with E-state index in [9.17, 15) is 4.79 Å². The van der Waals surface area contributed by atoms with Crippen LogP contribution in [0.3, 0.4) is 0 Å². The van der Waals surface area contributed by atoms with Crippen molar-refractivity contribution in [1.29, 1.82) is 0 Å². The van der Waals surface area contributed by atoms with E-state index in [1.54, 1.807) is 13.2 Å². The van der Waals surface area contributed by atoms with E-state index in [1.165, 1.54) is 0 Å². The molecule has 6 nitrogen and oxygen atoms in total. The van der Waals surface area contributed by atoms with E-state index >= 15 is 0 Å². The third-order valence-corrected chi connectivity index (χ3v) is 5.06. The van der Waals surface area contributed by atoms with E-state index in [1.807, 2.05) is 31.7 Å². The molecule has 1 aromatic heterocycles. The SMILES string of the molecule is CCc1nc(N(CCOC)CCC(=O)NC(C)CC)c2cc(Cl)cc(Cl)c2n1. The average Bonchev–Trinajstić information content (AvgIpc) is 2.67. The highest BCUT2D eigenvalue weighted by Gasteiger charge is 2.18. The molecule has 8 heteroatoms. The summed E-state index contributed by atoms with van der Waals surface area (Å²) in [5, 5.41) is 4.78. The van der Waals surface area contributed by atoms with E-state index in [-0.39, 0.29) is 11.9 Å². The molecule has 0 saturated heterocycles. The van der Waals surface area contributed by atoms with Crippen molar-refractivity contribution in [3.8, 4) is 0 Å². The monoisotopic (exact) mass is 426 g/mol. The van der Waals surface area contributed by atoms with Gasteiger partial charge in [0.25, 0.3) is 0 Å². The molecule has 0 spiro atoms. The van der Waals surface area contributed by atoms with Gasteiger partial charge in [-0.1, -0.05) is 37.0 Å². The summed E-state index contributed by atoms with van der Waals surface area (Å²) in [6.07, 6.45) is 1.93. The summed E-state index contributed by atoms with van der Waals surface area (Å²) in [4.78, 5) is 23.6. The predicted octanol–water partition coefficient (Wildman–Crippen LogP) is 4.26. The Bertz CT molecular complexity index is 816. The molecule has 2 rings (SSSR count). The van der Waals surface area contributed by atoms with Crippen LogP contribution in [0.25, 0.3) is 10.9 Å². The Morgan fingerprint density at radius 1 is 1.25 bits per heavy atom. The molecule has 0 aliphatic heterocycles. The molecule has 28 heavy (non-hydrogen) atoms. The Balaban J connectivity index is 2.39. The number of benzene rings is 1. The van der Waals surface area contributed by atoms with Crippen molar-refractivity contribution in [2.24, 2.45) is 0 Å².